The molecule has 0 radical (unpaired) electrons. The molecule has 0 heterocycles. The summed E-state index contributed by atoms with van der Waals surface area (Å²) in [6.45, 7) is 3.42. The van der Waals surface area contributed by atoms with Crippen molar-refractivity contribution >= 4 is 17.5 Å². The van der Waals surface area contributed by atoms with Gasteiger partial charge >= 0.3 is 0 Å². The molecule has 5 heteroatoms. The van der Waals surface area contributed by atoms with Crippen LogP contribution in [0, 0.1) is 0 Å². The average molecular weight is 277 g/mol. The van der Waals surface area contributed by atoms with Gasteiger partial charge in [0.05, 0.1) is 11.3 Å². The van der Waals surface area contributed by atoms with E-state index in [0.29, 0.717) is 24.2 Å². The Balaban J connectivity index is 2.65. The van der Waals surface area contributed by atoms with Crippen molar-refractivity contribution < 1.29 is 9.59 Å². The van der Waals surface area contributed by atoms with Crippen LogP contribution in [-0.4, -0.2) is 32.0 Å². The van der Waals surface area contributed by atoms with Crippen molar-refractivity contribution in [3.8, 4) is 0 Å². The van der Waals surface area contributed by atoms with Crippen LogP contribution in [0.3, 0.4) is 0 Å². The predicted octanol–water partition coefficient (Wildman–Crippen LogP) is 1.76. The van der Waals surface area contributed by atoms with Gasteiger partial charge in [0.2, 0.25) is 5.91 Å². The van der Waals surface area contributed by atoms with E-state index in [0.717, 1.165) is 19.4 Å². The number of anilines is 1. The molecule has 0 aliphatic carbocycles. The quantitative estimate of drug-likeness (QED) is 0.634. The first-order chi connectivity index (χ1) is 9.69. The van der Waals surface area contributed by atoms with Gasteiger partial charge in [0.15, 0.2) is 0 Å². The smallest absolute Gasteiger partial charge is 0.253 e. The van der Waals surface area contributed by atoms with Gasteiger partial charge < -0.3 is 16.0 Å². The first kappa shape index (κ1) is 16.2. The number of carbonyl (C=O) groups is 2. The molecule has 0 saturated heterocycles. The largest absolute Gasteiger partial charge is 0.352 e. The lowest BCUT2D eigenvalue weighted by atomic mass is 10.1. The number of nitrogens with one attached hydrogen (secondary N) is 3. The van der Waals surface area contributed by atoms with E-state index in [4.69, 9.17) is 0 Å². The molecule has 0 aliphatic rings. The molecule has 5 nitrogen and oxygen atoms in total. The zero-order valence-corrected chi connectivity index (χ0v) is 12.2. The Morgan fingerprint density at radius 2 is 1.90 bits per heavy atom. The average Bonchev–Trinajstić information content (AvgIpc) is 2.45. The standard InChI is InChI=1S/C15H23N3O2/c1-3-10-17-15(20)12-7-4-5-8-13(12)18-14(19)9-6-11-16-2/h4-5,7-8,16H,3,6,9-11H2,1-2H3,(H,17,20)(H,18,19). The minimum atomic E-state index is -0.155. The van der Waals surface area contributed by atoms with Crippen LogP contribution < -0.4 is 16.0 Å². The minimum Gasteiger partial charge on any atom is -0.352 e. The number of hydrogen-bond donors (Lipinski definition) is 3. The highest BCUT2D eigenvalue weighted by atomic mass is 16.2. The number of rotatable bonds is 8. The lowest BCUT2D eigenvalue weighted by molar-refractivity contribution is -0.116. The number of hydrogen-bond acceptors (Lipinski definition) is 3. The van der Waals surface area contributed by atoms with E-state index in [1.807, 2.05) is 14.0 Å². The minimum absolute atomic E-state index is 0.0732. The summed E-state index contributed by atoms with van der Waals surface area (Å²) < 4.78 is 0. The molecule has 0 fully saturated rings. The van der Waals surface area contributed by atoms with Gasteiger partial charge in [-0.3, -0.25) is 9.59 Å². The lowest BCUT2D eigenvalue weighted by Gasteiger charge is -2.11. The molecular weight excluding hydrogens is 254 g/mol. The number of amides is 2. The molecule has 0 unspecified atom stereocenters. The zero-order valence-electron chi connectivity index (χ0n) is 12.2. The summed E-state index contributed by atoms with van der Waals surface area (Å²) in [5, 5.41) is 8.61. The molecule has 0 spiro atoms. The zero-order chi connectivity index (χ0) is 14.8. The van der Waals surface area contributed by atoms with Gasteiger partial charge in [0.25, 0.3) is 5.91 Å². The van der Waals surface area contributed by atoms with Crippen LogP contribution in [0.5, 0.6) is 0 Å². The van der Waals surface area contributed by atoms with Crippen LogP contribution in [0.25, 0.3) is 0 Å². The van der Waals surface area contributed by atoms with Crippen molar-refractivity contribution in [2.24, 2.45) is 0 Å². The maximum Gasteiger partial charge on any atom is 0.253 e. The summed E-state index contributed by atoms with van der Waals surface area (Å²) >= 11 is 0. The molecule has 1 rings (SSSR count). The van der Waals surface area contributed by atoms with Crippen molar-refractivity contribution in [2.45, 2.75) is 26.2 Å². The first-order valence-corrected chi connectivity index (χ1v) is 7.00. The third kappa shape index (κ3) is 5.40. The van der Waals surface area contributed by atoms with Crippen LogP contribution in [0.2, 0.25) is 0 Å². The Kier molecular flexibility index (Phi) is 7.35. The third-order valence-corrected chi connectivity index (χ3v) is 2.81. The summed E-state index contributed by atoms with van der Waals surface area (Å²) in [6, 6.07) is 7.06. The number of benzene rings is 1. The highest BCUT2D eigenvalue weighted by Crippen LogP contribution is 2.15. The maximum absolute atomic E-state index is 12.0. The van der Waals surface area contributed by atoms with E-state index in [1.165, 1.54) is 0 Å². The summed E-state index contributed by atoms with van der Waals surface area (Å²) in [5.41, 5.74) is 1.07. The van der Waals surface area contributed by atoms with Crippen molar-refractivity contribution in [1.29, 1.82) is 0 Å². The van der Waals surface area contributed by atoms with E-state index < -0.39 is 0 Å². The fourth-order valence-corrected chi connectivity index (χ4v) is 1.76. The molecule has 0 aromatic heterocycles. The molecule has 3 N–H and O–H groups in total. The molecule has 110 valence electrons. The van der Waals surface area contributed by atoms with Crippen molar-refractivity contribution in [1.82, 2.24) is 10.6 Å². The van der Waals surface area contributed by atoms with E-state index in [-0.39, 0.29) is 11.8 Å². The Bertz CT molecular complexity index is 446. The van der Waals surface area contributed by atoms with Gasteiger partial charge in [0, 0.05) is 13.0 Å². The molecule has 0 atom stereocenters. The monoisotopic (exact) mass is 277 g/mol. The highest BCUT2D eigenvalue weighted by Gasteiger charge is 2.12. The SMILES string of the molecule is CCCNC(=O)c1ccccc1NC(=O)CCCNC. The predicted molar refractivity (Wildman–Crippen MR) is 80.9 cm³/mol. The second-order valence-corrected chi connectivity index (χ2v) is 4.56. The maximum atomic E-state index is 12.0. The van der Waals surface area contributed by atoms with Crippen LogP contribution in [0.1, 0.15) is 36.5 Å². The van der Waals surface area contributed by atoms with E-state index in [1.54, 1.807) is 24.3 Å². The number of carbonyl (C=O) groups excluding carboxylic acids is 2. The first-order valence-electron chi connectivity index (χ1n) is 7.00. The molecule has 2 amide bonds. The van der Waals surface area contributed by atoms with Crippen LogP contribution in [0.4, 0.5) is 5.69 Å². The van der Waals surface area contributed by atoms with Crippen LogP contribution in [-0.2, 0) is 4.79 Å². The van der Waals surface area contributed by atoms with Gasteiger partial charge in [-0.05, 0) is 38.6 Å². The Hall–Kier alpha value is -1.88. The normalized spacial score (nSPS) is 10.1. The molecule has 20 heavy (non-hydrogen) atoms. The van der Waals surface area contributed by atoms with Gasteiger partial charge in [-0.25, -0.2) is 0 Å². The molecular formula is C15H23N3O2. The van der Waals surface area contributed by atoms with Crippen molar-refractivity contribution in [3.05, 3.63) is 29.8 Å². The van der Waals surface area contributed by atoms with Gasteiger partial charge in [-0.1, -0.05) is 19.1 Å². The van der Waals surface area contributed by atoms with E-state index in [9.17, 15) is 9.59 Å². The molecule has 0 saturated carbocycles. The van der Waals surface area contributed by atoms with E-state index in [2.05, 4.69) is 16.0 Å². The molecule has 0 aliphatic heterocycles. The summed E-state index contributed by atoms with van der Waals surface area (Å²) in [5.74, 6) is -0.228. The topological polar surface area (TPSA) is 70.2 Å². The second kappa shape index (κ2) is 9.09. The molecule has 1 aromatic rings. The molecule has 0 bridgehead atoms. The number of para-hydroxylation sites is 1. The Morgan fingerprint density at radius 1 is 1.15 bits per heavy atom. The fraction of sp³-hybridized carbons (Fsp3) is 0.467. The Morgan fingerprint density at radius 3 is 2.60 bits per heavy atom. The summed E-state index contributed by atoms with van der Waals surface area (Å²) in [7, 11) is 1.85. The summed E-state index contributed by atoms with van der Waals surface area (Å²) in [6.07, 6.45) is 2.09. The lowest BCUT2D eigenvalue weighted by Crippen LogP contribution is -2.25. The van der Waals surface area contributed by atoms with Crippen molar-refractivity contribution in [2.75, 3.05) is 25.5 Å². The summed E-state index contributed by atoms with van der Waals surface area (Å²) in [4.78, 5) is 23.8. The Labute approximate surface area is 120 Å². The fourth-order valence-electron chi connectivity index (χ4n) is 1.76. The van der Waals surface area contributed by atoms with Gasteiger partial charge in [0.1, 0.15) is 0 Å². The third-order valence-electron chi connectivity index (χ3n) is 2.81. The molecule has 1 aromatic carbocycles. The second-order valence-electron chi connectivity index (χ2n) is 4.56. The van der Waals surface area contributed by atoms with Crippen LogP contribution >= 0.6 is 0 Å². The van der Waals surface area contributed by atoms with Gasteiger partial charge in [-0.2, -0.15) is 0 Å². The van der Waals surface area contributed by atoms with Crippen LogP contribution in [0.15, 0.2) is 24.3 Å². The highest BCUT2D eigenvalue weighted by molar-refractivity contribution is 6.03. The van der Waals surface area contributed by atoms with E-state index >= 15 is 0 Å². The van der Waals surface area contributed by atoms with Crippen molar-refractivity contribution in [3.63, 3.8) is 0 Å². The van der Waals surface area contributed by atoms with Gasteiger partial charge in [-0.15, -0.1) is 0 Å².